The van der Waals surface area contributed by atoms with E-state index in [0.717, 1.165) is 0 Å². The van der Waals surface area contributed by atoms with Crippen LogP contribution in [0.1, 0.15) is 37.9 Å². The summed E-state index contributed by atoms with van der Waals surface area (Å²) < 4.78 is 15.5. The van der Waals surface area contributed by atoms with Crippen LogP contribution in [-0.2, 0) is 5.41 Å². The summed E-state index contributed by atoms with van der Waals surface area (Å²) >= 11 is 0. The molecule has 4 nitrogen and oxygen atoms in total. The minimum Gasteiger partial charge on any atom is -0.237 e. The second-order valence-electron chi connectivity index (χ2n) is 5.00. The highest BCUT2D eigenvalue weighted by atomic mass is 19.1. The SMILES string of the molecule is Cc1ncc2c(F)c(C#N)c(C(C)(C)C)n2n1. The Hall–Kier alpha value is -1.96. The first-order valence-electron chi connectivity index (χ1n) is 5.30. The average molecular weight is 232 g/mol. The monoisotopic (exact) mass is 232 g/mol. The van der Waals surface area contributed by atoms with Gasteiger partial charge in [0.2, 0.25) is 0 Å². The fourth-order valence-electron chi connectivity index (χ4n) is 1.89. The van der Waals surface area contributed by atoms with Crippen molar-refractivity contribution in [2.75, 3.05) is 0 Å². The third kappa shape index (κ3) is 1.66. The Morgan fingerprint density at radius 3 is 2.59 bits per heavy atom. The summed E-state index contributed by atoms with van der Waals surface area (Å²) in [6.07, 6.45) is 1.41. The Balaban J connectivity index is 2.98. The number of rotatable bonds is 0. The van der Waals surface area contributed by atoms with Crippen molar-refractivity contribution in [2.45, 2.75) is 33.1 Å². The Morgan fingerprint density at radius 2 is 2.06 bits per heavy atom. The summed E-state index contributed by atoms with van der Waals surface area (Å²) in [5, 5.41) is 13.3. The van der Waals surface area contributed by atoms with E-state index in [0.29, 0.717) is 11.5 Å². The maximum Gasteiger partial charge on any atom is 0.170 e. The number of nitrogens with zero attached hydrogens (tertiary/aromatic N) is 4. The molecule has 0 atom stereocenters. The summed E-state index contributed by atoms with van der Waals surface area (Å²) in [5.41, 5.74) is 0.520. The first-order valence-corrected chi connectivity index (χ1v) is 5.30. The predicted molar refractivity (Wildman–Crippen MR) is 61.1 cm³/mol. The zero-order valence-electron chi connectivity index (χ0n) is 10.2. The number of aryl methyl sites for hydroxylation is 1. The van der Waals surface area contributed by atoms with Crippen LogP contribution in [-0.4, -0.2) is 14.6 Å². The molecule has 2 heterocycles. The number of hydrogen-bond acceptors (Lipinski definition) is 3. The third-order valence-electron chi connectivity index (χ3n) is 2.56. The zero-order valence-corrected chi connectivity index (χ0v) is 10.2. The number of halogens is 1. The first-order chi connectivity index (χ1) is 7.86. The van der Waals surface area contributed by atoms with Gasteiger partial charge < -0.3 is 0 Å². The Morgan fingerprint density at radius 1 is 1.41 bits per heavy atom. The summed E-state index contributed by atoms with van der Waals surface area (Å²) in [4.78, 5) is 3.96. The average Bonchev–Trinajstić information content (AvgIpc) is 2.50. The summed E-state index contributed by atoms with van der Waals surface area (Å²) in [5.74, 6) is -0.0000789. The number of aromatic nitrogens is 3. The van der Waals surface area contributed by atoms with E-state index in [4.69, 9.17) is 5.26 Å². The van der Waals surface area contributed by atoms with Crippen LogP contribution >= 0.6 is 0 Å². The molecule has 17 heavy (non-hydrogen) atoms. The molecular formula is C12H13FN4. The van der Waals surface area contributed by atoms with Crippen LogP contribution in [0.2, 0.25) is 0 Å². The Labute approximate surface area is 98.7 Å². The molecule has 0 aliphatic heterocycles. The molecule has 0 aromatic carbocycles. The van der Waals surface area contributed by atoms with Gasteiger partial charge in [0, 0.05) is 5.41 Å². The van der Waals surface area contributed by atoms with Gasteiger partial charge in [0.1, 0.15) is 23.0 Å². The van der Waals surface area contributed by atoms with E-state index in [9.17, 15) is 4.39 Å². The lowest BCUT2D eigenvalue weighted by molar-refractivity contribution is 0.545. The van der Waals surface area contributed by atoms with Crippen LogP contribution in [0.5, 0.6) is 0 Å². The van der Waals surface area contributed by atoms with Gasteiger partial charge >= 0.3 is 0 Å². The van der Waals surface area contributed by atoms with Crippen LogP contribution in [0.3, 0.4) is 0 Å². The van der Waals surface area contributed by atoms with Crippen molar-refractivity contribution in [3.8, 4) is 6.07 Å². The Bertz CT molecular complexity index is 628. The van der Waals surface area contributed by atoms with Gasteiger partial charge in [0.05, 0.1) is 11.9 Å². The fraction of sp³-hybridized carbons (Fsp3) is 0.417. The van der Waals surface area contributed by atoms with Gasteiger partial charge in [-0.05, 0) is 6.92 Å². The van der Waals surface area contributed by atoms with Gasteiger partial charge in [-0.15, -0.1) is 0 Å². The van der Waals surface area contributed by atoms with Gasteiger partial charge in [-0.2, -0.15) is 10.4 Å². The highest BCUT2D eigenvalue weighted by molar-refractivity contribution is 5.58. The van der Waals surface area contributed by atoms with Crippen LogP contribution in [0, 0.1) is 24.1 Å². The standard InChI is InChI=1S/C12H13FN4/c1-7-15-6-9-10(13)8(5-14)11(12(2,3)4)17(9)16-7/h6H,1-4H3. The lowest BCUT2D eigenvalue weighted by atomic mass is 9.90. The van der Waals surface area contributed by atoms with Crippen molar-refractivity contribution >= 4 is 5.52 Å². The van der Waals surface area contributed by atoms with Gasteiger partial charge in [-0.1, -0.05) is 20.8 Å². The molecule has 2 rings (SSSR count). The zero-order chi connectivity index (χ0) is 12.8. The molecule has 0 bridgehead atoms. The maximum atomic E-state index is 14.0. The van der Waals surface area contributed by atoms with E-state index >= 15 is 0 Å². The molecule has 0 radical (unpaired) electrons. The van der Waals surface area contributed by atoms with Crippen molar-refractivity contribution in [3.63, 3.8) is 0 Å². The van der Waals surface area contributed by atoms with E-state index in [2.05, 4.69) is 10.1 Å². The number of nitriles is 1. The van der Waals surface area contributed by atoms with E-state index in [1.54, 1.807) is 6.92 Å². The minimum absolute atomic E-state index is 0.0531. The lowest BCUT2D eigenvalue weighted by Crippen LogP contribution is -2.17. The number of hydrogen-bond donors (Lipinski definition) is 0. The smallest absolute Gasteiger partial charge is 0.170 e. The largest absolute Gasteiger partial charge is 0.237 e. The fourth-order valence-corrected chi connectivity index (χ4v) is 1.89. The molecule has 0 spiro atoms. The molecule has 0 unspecified atom stereocenters. The predicted octanol–water partition coefficient (Wildman–Crippen LogP) is 2.35. The molecule has 0 aliphatic carbocycles. The van der Waals surface area contributed by atoms with Crippen LogP contribution in [0.15, 0.2) is 6.20 Å². The topological polar surface area (TPSA) is 54.0 Å². The molecular weight excluding hydrogens is 219 g/mol. The first kappa shape index (κ1) is 11.5. The third-order valence-corrected chi connectivity index (χ3v) is 2.56. The molecule has 0 fully saturated rings. The van der Waals surface area contributed by atoms with E-state index in [1.165, 1.54) is 10.7 Å². The second-order valence-corrected chi connectivity index (χ2v) is 5.00. The van der Waals surface area contributed by atoms with Gasteiger partial charge in [0.15, 0.2) is 5.82 Å². The van der Waals surface area contributed by atoms with Crippen molar-refractivity contribution in [3.05, 3.63) is 29.1 Å². The van der Waals surface area contributed by atoms with Crippen molar-refractivity contribution in [2.24, 2.45) is 0 Å². The molecule has 2 aromatic heterocycles. The van der Waals surface area contributed by atoms with Crippen molar-refractivity contribution < 1.29 is 4.39 Å². The minimum atomic E-state index is -0.544. The Kier molecular flexibility index (Phi) is 2.39. The molecule has 0 saturated carbocycles. The van der Waals surface area contributed by atoms with Crippen molar-refractivity contribution in [1.29, 1.82) is 5.26 Å². The highest BCUT2D eigenvalue weighted by Gasteiger charge is 2.28. The van der Waals surface area contributed by atoms with Crippen LogP contribution < -0.4 is 0 Å². The van der Waals surface area contributed by atoms with E-state index < -0.39 is 5.82 Å². The second kappa shape index (κ2) is 3.52. The maximum absolute atomic E-state index is 14.0. The normalized spacial score (nSPS) is 11.8. The molecule has 2 aromatic rings. The van der Waals surface area contributed by atoms with E-state index in [1.807, 2.05) is 26.8 Å². The quantitative estimate of drug-likeness (QED) is 0.700. The van der Waals surface area contributed by atoms with Crippen LogP contribution in [0.25, 0.3) is 5.52 Å². The van der Waals surface area contributed by atoms with Gasteiger partial charge in [-0.3, -0.25) is 0 Å². The molecule has 0 N–H and O–H groups in total. The number of fused-ring (bicyclic) bond motifs is 1. The highest BCUT2D eigenvalue weighted by Crippen LogP contribution is 2.30. The van der Waals surface area contributed by atoms with Crippen LogP contribution in [0.4, 0.5) is 4.39 Å². The summed E-state index contributed by atoms with van der Waals surface area (Å²) in [6, 6.07) is 1.92. The summed E-state index contributed by atoms with van der Waals surface area (Å²) in [6.45, 7) is 7.50. The van der Waals surface area contributed by atoms with Gasteiger partial charge in [0.25, 0.3) is 0 Å². The summed E-state index contributed by atoms with van der Waals surface area (Å²) in [7, 11) is 0. The molecule has 0 aliphatic rings. The van der Waals surface area contributed by atoms with E-state index in [-0.39, 0.29) is 16.5 Å². The molecule has 88 valence electrons. The molecule has 5 heteroatoms. The van der Waals surface area contributed by atoms with Crippen molar-refractivity contribution in [1.82, 2.24) is 14.6 Å². The molecule has 0 saturated heterocycles. The lowest BCUT2D eigenvalue weighted by Gasteiger charge is -2.18. The molecule has 0 amide bonds. The van der Waals surface area contributed by atoms with Gasteiger partial charge in [-0.25, -0.2) is 13.9 Å².